The van der Waals surface area contributed by atoms with Gasteiger partial charge in [-0.3, -0.25) is 0 Å². The quantitative estimate of drug-likeness (QED) is 0.387. The number of amidine groups is 1. The predicted octanol–water partition coefficient (Wildman–Crippen LogP) is 2.38. The Balaban J connectivity index is 2.22. The number of nitrogens with zero attached hydrogens (tertiary/aromatic N) is 2. The lowest BCUT2D eigenvalue weighted by Gasteiger charge is -2.26. The van der Waals surface area contributed by atoms with E-state index in [2.05, 4.69) is 17.1 Å². The van der Waals surface area contributed by atoms with Gasteiger partial charge in [-0.2, -0.15) is 11.8 Å². The molecule has 0 radical (unpaired) electrons. The van der Waals surface area contributed by atoms with Crippen molar-refractivity contribution in [2.75, 3.05) is 23.5 Å². The van der Waals surface area contributed by atoms with Gasteiger partial charge in [0.1, 0.15) is 0 Å². The lowest BCUT2D eigenvalue weighted by molar-refractivity contribution is 0.318. The molecule has 0 amide bonds. The first-order chi connectivity index (χ1) is 8.63. The molecule has 0 saturated carbocycles. The van der Waals surface area contributed by atoms with Gasteiger partial charge in [0.2, 0.25) is 0 Å². The third-order valence-corrected chi connectivity index (χ3v) is 4.65. The number of rotatable bonds is 3. The van der Waals surface area contributed by atoms with Crippen molar-refractivity contribution in [1.82, 2.24) is 0 Å². The summed E-state index contributed by atoms with van der Waals surface area (Å²) in [6, 6.07) is 6.15. The average Bonchev–Trinajstić information content (AvgIpc) is 2.90. The Morgan fingerprint density at radius 1 is 1.61 bits per heavy atom. The van der Waals surface area contributed by atoms with Crippen LogP contribution in [0.4, 0.5) is 5.69 Å². The second-order valence-electron chi connectivity index (χ2n) is 4.28. The van der Waals surface area contributed by atoms with Crippen molar-refractivity contribution >= 4 is 34.9 Å². The largest absolute Gasteiger partial charge is 0.409 e. The third-order valence-electron chi connectivity index (χ3n) is 3.20. The topological polar surface area (TPSA) is 61.8 Å². The van der Waals surface area contributed by atoms with E-state index in [4.69, 9.17) is 22.5 Å². The van der Waals surface area contributed by atoms with Crippen LogP contribution in [-0.2, 0) is 0 Å². The van der Waals surface area contributed by atoms with Gasteiger partial charge < -0.3 is 15.8 Å². The van der Waals surface area contributed by atoms with Gasteiger partial charge in [-0.15, -0.1) is 0 Å². The zero-order valence-corrected chi connectivity index (χ0v) is 11.7. The van der Waals surface area contributed by atoms with E-state index in [1.807, 2.05) is 23.9 Å². The Morgan fingerprint density at radius 2 is 2.39 bits per heavy atom. The summed E-state index contributed by atoms with van der Waals surface area (Å²) in [4.78, 5) is 2.24. The van der Waals surface area contributed by atoms with Crippen LogP contribution in [0.15, 0.2) is 23.4 Å². The summed E-state index contributed by atoms with van der Waals surface area (Å²) in [5.74, 6) is 2.40. The molecule has 1 fully saturated rings. The van der Waals surface area contributed by atoms with E-state index in [1.54, 1.807) is 6.07 Å². The van der Waals surface area contributed by atoms with Crippen molar-refractivity contribution < 1.29 is 5.21 Å². The molecule has 1 aliphatic heterocycles. The minimum Gasteiger partial charge on any atom is -0.409 e. The Bertz CT molecular complexity index is 461. The molecule has 1 aromatic rings. The van der Waals surface area contributed by atoms with Crippen LogP contribution >= 0.6 is 23.4 Å². The number of oxime groups is 1. The summed E-state index contributed by atoms with van der Waals surface area (Å²) in [5, 5.41) is 12.1. The van der Waals surface area contributed by atoms with Gasteiger partial charge in [0, 0.05) is 30.1 Å². The molecule has 98 valence electrons. The first-order valence-electron chi connectivity index (χ1n) is 5.71. The minimum atomic E-state index is 0.0330. The van der Waals surface area contributed by atoms with E-state index >= 15 is 0 Å². The summed E-state index contributed by atoms with van der Waals surface area (Å²) >= 11 is 8.12. The molecular weight excluding hydrogens is 270 g/mol. The van der Waals surface area contributed by atoms with E-state index in [-0.39, 0.29) is 5.84 Å². The maximum atomic E-state index is 8.65. The van der Waals surface area contributed by atoms with Gasteiger partial charge in [0.05, 0.1) is 5.02 Å². The summed E-state index contributed by atoms with van der Waals surface area (Å²) in [5.41, 5.74) is 7.15. The highest BCUT2D eigenvalue weighted by molar-refractivity contribution is 7.99. The van der Waals surface area contributed by atoms with Crippen LogP contribution in [-0.4, -0.2) is 35.6 Å². The smallest absolute Gasteiger partial charge is 0.171 e. The molecule has 1 heterocycles. The van der Waals surface area contributed by atoms with E-state index in [9.17, 15) is 0 Å². The number of anilines is 1. The average molecular weight is 286 g/mol. The molecule has 1 aliphatic rings. The summed E-state index contributed by atoms with van der Waals surface area (Å²) < 4.78 is 0. The molecule has 0 aliphatic carbocycles. The Kier molecular flexibility index (Phi) is 4.24. The van der Waals surface area contributed by atoms with Crippen LogP contribution in [0.1, 0.15) is 12.0 Å². The highest BCUT2D eigenvalue weighted by atomic mass is 35.5. The van der Waals surface area contributed by atoms with Gasteiger partial charge in [-0.1, -0.05) is 16.8 Å². The standard InChI is InChI=1S/C12H16ClN3OS/c1-16(9-4-5-18-7-9)8-2-3-10(11(13)6-8)12(14)15-17/h2-3,6,9,17H,4-5,7H2,1H3,(H2,14,15). The van der Waals surface area contributed by atoms with Crippen LogP contribution in [0.25, 0.3) is 0 Å². The van der Waals surface area contributed by atoms with Crippen LogP contribution in [0.5, 0.6) is 0 Å². The van der Waals surface area contributed by atoms with Gasteiger partial charge in [-0.25, -0.2) is 0 Å². The van der Waals surface area contributed by atoms with Crippen molar-refractivity contribution in [3.63, 3.8) is 0 Å². The number of hydrogen-bond acceptors (Lipinski definition) is 4. The van der Waals surface area contributed by atoms with E-state index in [0.717, 1.165) is 11.4 Å². The Labute approximate surface area is 116 Å². The fourth-order valence-electron chi connectivity index (χ4n) is 2.02. The van der Waals surface area contributed by atoms with Crippen LogP contribution in [0.2, 0.25) is 5.02 Å². The summed E-state index contributed by atoms with van der Waals surface area (Å²) in [6.45, 7) is 0. The molecule has 3 N–H and O–H groups in total. The first-order valence-corrected chi connectivity index (χ1v) is 7.24. The lowest BCUT2D eigenvalue weighted by atomic mass is 10.1. The van der Waals surface area contributed by atoms with E-state index in [0.29, 0.717) is 16.6 Å². The van der Waals surface area contributed by atoms with Crippen molar-refractivity contribution in [2.45, 2.75) is 12.5 Å². The first kappa shape index (κ1) is 13.4. The minimum absolute atomic E-state index is 0.0330. The Hall–Kier alpha value is -1.07. The number of halogens is 1. The number of nitrogens with two attached hydrogens (primary N) is 1. The molecule has 1 saturated heterocycles. The molecule has 18 heavy (non-hydrogen) atoms. The lowest BCUT2D eigenvalue weighted by Crippen LogP contribution is -2.31. The molecule has 2 rings (SSSR count). The number of thioether (sulfide) groups is 1. The predicted molar refractivity (Wildman–Crippen MR) is 78.1 cm³/mol. The monoisotopic (exact) mass is 285 g/mol. The second-order valence-corrected chi connectivity index (χ2v) is 5.83. The SMILES string of the molecule is CN(c1ccc(C(N)=NO)c(Cl)c1)C1CCSC1. The molecule has 0 spiro atoms. The molecule has 1 aromatic carbocycles. The summed E-state index contributed by atoms with van der Waals surface area (Å²) in [7, 11) is 2.07. The molecule has 4 nitrogen and oxygen atoms in total. The van der Waals surface area contributed by atoms with Crippen LogP contribution in [0, 0.1) is 0 Å². The zero-order valence-electron chi connectivity index (χ0n) is 10.1. The zero-order chi connectivity index (χ0) is 13.1. The highest BCUT2D eigenvalue weighted by Crippen LogP contribution is 2.28. The number of hydrogen-bond donors (Lipinski definition) is 2. The van der Waals surface area contributed by atoms with Crippen molar-refractivity contribution in [3.8, 4) is 0 Å². The fourth-order valence-corrected chi connectivity index (χ4v) is 3.56. The Morgan fingerprint density at radius 3 is 2.94 bits per heavy atom. The van der Waals surface area contributed by atoms with Gasteiger partial charge >= 0.3 is 0 Å². The highest BCUT2D eigenvalue weighted by Gasteiger charge is 2.21. The maximum Gasteiger partial charge on any atom is 0.171 e. The van der Waals surface area contributed by atoms with Crippen molar-refractivity contribution in [2.24, 2.45) is 10.9 Å². The van der Waals surface area contributed by atoms with Gasteiger partial charge in [0.15, 0.2) is 5.84 Å². The number of benzene rings is 1. The summed E-state index contributed by atoms with van der Waals surface area (Å²) in [6.07, 6.45) is 1.20. The molecule has 0 bridgehead atoms. The van der Waals surface area contributed by atoms with Gasteiger partial charge in [-0.05, 0) is 30.4 Å². The molecular formula is C12H16ClN3OS. The molecule has 6 heteroatoms. The maximum absolute atomic E-state index is 8.65. The normalized spacial score (nSPS) is 20.1. The molecule has 1 atom stereocenters. The van der Waals surface area contributed by atoms with Gasteiger partial charge in [0.25, 0.3) is 0 Å². The third kappa shape index (κ3) is 2.67. The van der Waals surface area contributed by atoms with Crippen molar-refractivity contribution in [1.29, 1.82) is 0 Å². The van der Waals surface area contributed by atoms with Crippen LogP contribution in [0.3, 0.4) is 0 Å². The van der Waals surface area contributed by atoms with E-state index < -0.39 is 0 Å². The fraction of sp³-hybridized carbons (Fsp3) is 0.417. The molecule has 1 unspecified atom stereocenters. The second kappa shape index (κ2) is 5.71. The van der Waals surface area contributed by atoms with Crippen LogP contribution < -0.4 is 10.6 Å². The van der Waals surface area contributed by atoms with Crippen molar-refractivity contribution in [3.05, 3.63) is 28.8 Å². The molecule has 0 aromatic heterocycles. The van der Waals surface area contributed by atoms with E-state index in [1.165, 1.54) is 12.2 Å².